The highest BCUT2D eigenvalue weighted by Gasteiger charge is 2.08. The maximum Gasteiger partial charge on any atom is 0.262 e. The molecule has 23 heavy (non-hydrogen) atoms. The third-order valence-electron chi connectivity index (χ3n) is 3.31. The predicted octanol–water partition coefficient (Wildman–Crippen LogP) is 5.16. The highest BCUT2D eigenvalue weighted by molar-refractivity contribution is 6.36. The Morgan fingerprint density at radius 3 is 2.61 bits per heavy atom. The number of fused-ring (bicyclic) bond motifs is 1. The van der Waals surface area contributed by atoms with E-state index in [0.717, 1.165) is 10.8 Å². The van der Waals surface area contributed by atoms with E-state index in [1.807, 2.05) is 42.5 Å². The minimum atomic E-state index is -0.290. The van der Waals surface area contributed by atoms with Crippen LogP contribution in [0.3, 0.4) is 0 Å². The molecule has 0 unspecified atom stereocenters. The van der Waals surface area contributed by atoms with Crippen LogP contribution >= 0.6 is 23.2 Å². The van der Waals surface area contributed by atoms with Crippen LogP contribution in [0.15, 0.2) is 60.7 Å². The Bertz CT molecular complexity index is 859. The number of amides is 1. The number of halogens is 2. The molecule has 0 spiro atoms. The van der Waals surface area contributed by atoms with Crippen LogP contribution in [0.4, 0.5) is 5.69 Å². The molecule has 0 aliphatic carbocycles. The lowest BCUT2D eigenvalue weighted by Crippen LogP contribution is -2.20. The molecule has 0 atom stereocenters. The van der Waals surface area contributed by atoms with E-state index in [0.29, 0.717) is 21.5 Å². The summed E-state index contributed by atoms with van der Waals surface area (Å²) < 4.78 is 5.64. The summed E-state index contributed by atoms with van der Waals surface area (Å²) in [6.45, 7) is -0.104. The average molecular weight is 346 g/mol. The Labute approximate surface area is 143 Å². The van der Waals surface area contributed by atoms with Gasteiger partial charge in [-0.1, -0.05) is 59.6 Å². The third kappa shape index (κ3) is 3.76. The SMILES string of the molecule is O=C(COc1cccc2ccccc12)Nc1ccc(Cl)cc1Cl. The van der Waals surface area contributed by atoms with Gasteiger partial charge in [0.1, 0.15) is 5.75 Å². The van der Waals surface area contributed by atoms with Crippen LogP contribution in [0.2, 0.25) is 10.0 Å². The van der Waals surface area contributed by atoms with Gasteiger partial charge in [0.15, 0.2) is 6.61 Å². The van der Waals surface area contributed by atoms with Gasteiger partial charge >= 0.3 is 0 Å². The molecule has 0 aliphatic heterocycles. The summed E-state index contributed by atoms with van der Waals surface area (Å²) in [6, 6.07) is 18.5. The van der Waals surface area contributed by atoms with Crippen molar-refractivity contribution in [2.75, 3.05) is 11.9 Å². The lowest BCUT2D eigenvalue weighted by Gasteiger charge is -2.10. The fourth-order valence-electron chi connectivity index (χ4n) is 2.24. The van der Waals surface area contributed by atoms with Gasteiger partial charge in [0, 0.05) is 10.4 Å². The van der Waals surface area contributed by atoms with Crippen molar-refractivity contribution in [2.45, 2.75) is 0 Å². The minimum absolute atomic E-state index is 0.104. The smallest absolute Gasteiger partial charge is 0.262 e. The molecule has 0 heterocycles. The molecule has 5 heteroatoms. The standard InChI is InChI=1S/C18H13Cl2NO2/c19-13-8-9-16(15(20)10-13)21-18(22)11-23-17-7-3-5-12-4-1-2-6-14(12)17/h1-10H,11H2,(H,21,22). The third-order valence-corrected chi connectivity index (χ3v) is 3.86. The maximum atomic E-state index is 12.0. The van der Waals surface area contributed by atoms with Gasteiger partial charge in [0.25, 0.3) is 5.91 Å². The lowest BCUT2D eigenvalue weighted by atomic mass is 10.1. The zero-order chi connectivity index (χ0) is 16.2. The first-order chi connectivity index (χ1) is 11.1. The van der Waals surface area contributed by atoms with Crippen molar-refractivity contribution < 1.29 is 9.53 Å². The van der Waals surface area contributed by atoms with Gasteiger partial charge in [0.2, 0.25) is 0 Å². The number of hydrogen-bond acceptors (Lipinski definition) is 2. The van der Waals surface area contributed by atoms with E-state index in [-0.39, 0.29) is 12.5 Å². The van der Waals surface area contributed by atoms with Gasteiger partial charge in [-0.2, -0.15) is 0 Å². The summed E-state index contributed by atoms with van der Waals surface area (Å²) in [4.78, 5) is 12.0. The molecule has 0 bridgehead atoms. The second kappa shape index (κ2) is 6.90. The highest BCUT2D eigenvalue weighted by atomic mass is 35.5. The fourth-order valence-corrected chi connectivity index (χ4v) is 2.70. The van der Waals surface area contributed by atoms with E-state index in [4.69, 9.17) is 27.9 Å². The van der Waals surface area contributed by atoms with Gasteiger partial charge in [-0.15, -0.1) is 0 Å². The Kier molecular flexibility index (Phi) is 4.70. The zero-order valence-electron chi connectivity index (χ0n) is 12.1. The Morgan fingerprint density at radius 1 is 1.00 bits per heavy atom. The Morgan fingerprint density at radius 2 is 1.78 bits per heavy atom. The first kappa shape index (κ1) is 15.7. The molecule has 0 saturated heterocycles. The molecule has 116 valence electrons. The number of ether oxygens (including phenoxy) is 1. The maximum absolute atomic E-state index is 12.0. The molecule has 3 nitrogen and oxygen atoms in total. The average Bonchev–Trinajstić information content (AvgIpc) is 2.55. The quantitative estimate of drug-likeness (QED) is 0.708. The number of carbonyl (C=O) groups excluding carboxylic acids is 1. The highest BCUT2D eigenvalue weighted by Crippen LogP contribution is 2.26. The van der Waals surface area contributed by atoms with Crippen molar-refractivity contribution in [1.29, 1.82) is 0 Å². The molecule has 0 radical (unpaired) electrons. The molecule has 1 N–H and O–H groups in total. The number of nitrogens with one attached hydrogen (secondary N) is 1. The molecule has 0 saturated carbocycles. The largest absolute Gasteiger partial charge is 0.483 e. The van der Waals surface area contributed by atoms with Crippen LogP contribution in [0.5, 0.6) is 5.75 Å². The van der Waals surface area contributed by atoms with E-state index < -0.39 is 0 Å². The molecule has 3 rings (SSSR count). The van der Waals surface area contributed by atoms with Gasteiger partial charge < -0.3 is 10.1 Å². The summed E-state index contributed by atoms with van der Waals surface area (Å²) in [6.07, 6.45) is 0. The fraction of sp³-hybridized carbons (Fsp3) is 0.0556. The molecule has 1 amide bonds. The van der Waals surface area contributed by atoms with Crippen molar-refractivity contribution in [2.24, 2.45) is 0 Å². The molecule has 0 aliphatic rings. The molecule has 0 fully saturated rings. The number of rotatable bonds is 4. The Balaban J connectivity index is 1.69. The van der Waals surface area contributed by atoms with Crippen molar-refractivity contribution >= 4 is 45.6 Å². The van der Waals surface area contributed by atoms with Crippen LogP contribution in [-0.4, -0.2) is 12.5 Å². The molecule has 3 aromatic carbocycles. The van der Waals surface area contributed by atoms with Crippen molar-refractivity contribution in [3.63, 3.8) is 0 Å². The topological polar surface area (TPSA) is 38.3 Å². The molecular formula is C18H13Cl2NO2. The molecule has 3 aromatic rings. The molecular weight excluding hydrogens is 333 g/mol. The summed E-state index contributed by atoms with van der Waals surface area (Å²) in [5, 5.41) is 5.63. The summed E-state index contributed by atoms with van der Waals surface area (Å²) in [5.74, 6) is 0.377. The van der Waals surface area contributed by atoms with Crippen LogP contribution in [0, 0.1) is 0 Å². The van der Waals surface area contributed by atoms with Crippen LogP contribution < -0.4 is 10.1 Å². The second-order valence-corrected chi connectivity index (χ2v) is 5.78. The summed E-state index contributed by atoms with van der Waals surface area (Å²) in [7, 11) is 0. The van der Waals surface area contributed by atoms with Crippen molar-refractivity contribution in [3.8, 4) is 5.75 Å². The Hall–Kier alpha value is -2.23. The number of benzene rings is 3. The van der Waals surface area contributed by atoms with E-state index in [1.54, 1.807) is 18.2 Å². The normalized spacial score (nSPS) is 10.5. The first-order valence-electron chi connectivity index (χ1n) is 6.99. The van der Waals surface area contributed by atoms with Crippen molar-refractivity contribution in [3.05, 3.63) is 70.7 Å². The zero-order valence-corrected chi connectivity index (χ0v) is 13.6. The number of hydrogen-bond donors (Lipinski definition) is 1. The summed E-state index contributed by atoms with van der Waals surface area (Å²) in [5.41, 5.74) is 0.502. The number of carbonyl (C=O) groups is 1. The van der Waals surface area contributed by atoms with Crippen LogP contribution in [-0.2, 0) is 4.79 Å². The van der Waals surface area contributed by atoms with E-state index in [9.17, 15) is 4.79 Å². The van der Waals surface area contributed by atoms with Gasteiger partial charge in [-0.3, -0.25) is 4.79 Å². The monoisotopic (exact) mass is 345 g/mol. The van der Waals surface area contributed by atoms with E-state index in [1.165, 1.54) is 0 Å². The van der Waals surface area contributed by atoms with Gasteiger partial charge in [0.05, 0.1) is 10.7 Å². The lowest BCUT2D eigenvalue weighted by molar-refractivity contribution is -0.118. The van der Waals surface area contributed by atoms with E-state index >= 15 is 0 Å². The summed E-state index contributed by atoms with van der Waals surface area (Å²) >= 11 is 11.9. The van der Waals surface area contributed by atoms with Gasteiger partial charge in [-0.25, -0.2) is 0 Å². The van der Waals surface area contributed by atoms with Crippen molar-refractivity contribution in [1.82, 2.24) is 0 Å². The number of anilines is 1. The first-order valence-corrected chi connectivity index (χ1v) is 7.74. The van der Waals surface area contributed by atoms with Gasteiger partial charge in [-0.05, 0) is 29.7 Å². The van der Waals surface area contributed by atoms with Crippen LogP contribution in [0.25, 0.3) is 10.8 Å². The minimum Gasteiger partial charge on any atom is -0.483 e. The second-order valence-electron chi connectivity index (χ2n) is 4.94. The predicted molar refractivity (Wildman–Crippen MR) is 94.5 cm³/mol. The van der Waals surface area contributed by atoms with Crippen LogP contribution in [0.1, 0.15) is 0 Å². The van der Waals surface area contributed by atoms with E-state index in [2.05, 4.69) is 5.32 Å². The molecule has 0 aromatic heterocycles.